The summed E-state index contributed by atoms with van der Waals surface area (Å²) in [6.45, 7) is 13.2. The summed E-state index contributed by atoms with van der Waals surface area (Å²) >= 11 is 0. The lowest BCUT2D eigenvalue weighted by Crippen LogP contribution is -2.50. The summed E-state index contributed by atoms with van der Waals surface area (Å²) in [7, 11) is 0. The number of nitrogens with zero attached hydrogens (tertiary/aromatic N) is 2. The normalized spacial score (nSPS) is 11.2. The lowest BCUT2D eigenvalue weighted by molar-refractivity contribution is -0.143. The van der Waals surface area contributed by atoms with Gasteiger partial charge < -0.3 is 9.80 Å². The van der Waals surface area contributed by atoms with Crippen LogP contribution in [0.15, 0.2) is 0 Å². The van der Waals surface area contributed by atoms with Crippen LogP contribution >= 0.6 is 0 Å². The van der Waals surface area contributed by atoms with Gasteiger partial charge in [0.2, 0.25) is 11.8 Å². The highest BCUT2D eigenvalue weighted by Gasteiger charge is 2.27. The first-order chi connectivity index (χ1) is 8.23. The summed E-state index contributed by atoms with van der Waals surface area (Å²) in [5, 5.41) is 0. The van der Waals surface area contributed by atoms with E-state index >= 15 is 0 Å². The first-order valence-corrected chi connectivity index (χ1v) is 6.80. The predicted octanol–water partition coefficient (Wildman–Crippen LogP) is 2.28. The van der Waals surface area contributed by atoms with E-state index < -0.39 is 0 Å². The van der Waals surface area contributed by atoms with Crippen LogP contribution in [0.2, 0.25) is 0 Å². The van der Waals surface area contributed by atoms with Gasteiger partial charge in [-0.2, -0.15) is 0 Å². The third-order valence-electron chi connectivity index (χ3n) is 2.82. The van der Waals surface area contributed by atoms with Gasteiger partial charge in [-0.3, -0.25) is 9.59 Å². The van der Waals surface area contributed by atoms with Crippen molar-refractivity contribution in [1.82, 2.24) is 9.80 Å². The van der Waals surface area contributed by atoms with Gasteiger partial charge in [-0.05, 0) is 33.6 Å². The molecule has 0 saturated heterocycles. The van der Waals surface area contributed by atoms with Crippen LogP contribution < -0.4 is 0 Å². The minimum absolute atomic E-state index is 0.0452. The summed E-state index contributed by atoms with van der Waals surface area (Å²) in [6.07, 6.45) is 1.89. The fourth-order valence-corrected chi connectivity index (χ4v) is 1.96. The SMILES string of the molecule is CCCN(CCC)C(=O)CN(C(C)=O)C(C)(C)C. The van der Waals surface area contributed by atoms with E-state index in [2.05, 4.69) is 13.8 Å². The zero-order valence-corrected chi connectivity index (χ0v) is 12.7. The average Bonchev–Trinajstić information content (AvgIpc) is 2.23. The zero-order chi connectivity index (χ0) is 14.3. The van der Waals surface area contributed by atoms with E-state index in [1.807, 2.05) is 25.7 Å². The highest BCUT2D eigenvalue weighted by molar-refractivity contribution is 5.84. The Morgan fingerprint density at radius 1 is 1.00 bits per heavy atom. The molecule has 4 nitrogen and oxygen atoms in total. The average molecular weight is 256 g/mol. The second-order valence-electron chi connectivity index (χ2n) is 5.66. The minimum atomic E-state index is -0.314. The van der Waals surface area contributed by atoms with Crippen LogP contribution in [-0.4, -0.2) is 46.8 Å². The molecule has 0 rings (SSSR count). The fraction of sp³-hybridized carbons (Fsp3) is 0.857. The molecule has 0 aliphatic heterocycles. The van der Waals surface area contributed by atoms with Crippen LogP contribution in [0.25, 0.3) is 0 Å². The Bertz CT molecular complexity index is 276. The van der Waals surface area contributed by atoms with Gasteiger partial charge in [0.05, 0.1) is 0 Å². The fourth-order valence-electron chi connectivity index (χ4n) is 1.96. The summed E-state index contributed by atoms with van der Waals surface area (Å²) < 4.78 is 0. The van der Waals surface area contributed by atoms with Gasteiger partial charge in [-0.25, -0.2) is 0 Å². The molecule has 0 aliphatic rings. The summed E-state index contributed by atoms with van der Waals surface area (Å²) in [6, 6.07) is 0. The monoisotopic (exact) mass is 256 g/mol. The molecule has 0 unspecified atom stereocenters. The molecule has 106 valence electrons. The van der Waals surface area contributed by atoms with Crippen molar-refractivity contribution in [2.75, 3.05) is 19.6 Å². The van der Waals surface area contributed by atoms with Crippen LogP contribution in [0.3, 0.4) is 0 Å². The molecule has 18 heavy (non-hydrogen) atoms. The van der Waals surface area contributed by atoms with E-state index in [1.165, 1.54) is 6.92 Å². The van der Waals surface area contributed by atoms with Crippen LogP contribution in [0, 0.1) is 0 Å². The van der Waals surface area contributed by atoms with E-state index in [4.69, 9.17) is 0 Å². The van der Waals surface area contributed by atoms with E-state index in [9.17, 15) is 9.59 Å². The maximum atomic E-state index is 12.2. The molecule has 0 fully saturated rings. The lowest BCUT2D eigenvalue weighted by Gasteiger charge is -2.36. The Morgan fingerprint density at radius 3 is 1.72 bits per heavy atom. The second-order valence-corrected chi connectivity index (χ2v) is 5.66. The third kappa shape index (κ3) is 5.52. The van der Waals surface area contributed by atoms with Crippen molar-refractivity contribution in [2.45, 2.75) is 59.9 Å². The van der Waals surface area contributed by atoms with Gasteiger partial charge in [0.25, 0.3) is 0 Å². The van der Waals surface area contributed by atoms with E-state index in [-0.39, 0.29) is 23.9 Å². The van der Waals surface area contributed by atoms with Crippen LogP contribution in [0.1, 0.15) is 54.4 Å². The second kappa shape index (κ2) is 7.39. The molecule has 0 aromatic rings. The van der Waals surface area contributed by atoms with Gasteiger partial charge in [0, 0.05) is 25.6 Å². The van der Waals surface area contributed by atoms with Gasteiger partial charge in [0.1, 0.15) is 6.54 Å². The van der Waals surface area contributed by atoms with Gasteiger partial charge in [-0.1, -0.05) is 13.8 Å². The largest absolute Gasteiger partial charge is 0.341 e. The van der Waals surface area contributed by atoms with Crippen molar-refractivity contribution in [3.05, 3.63) is 0 Å². The quantitative estimate of drug-likeness (QED) is 0.731. The van der Waals surface area contributed by atoms with E-state index in [1.54, 1.807) is 4.90 Å². The molecule has 4 heteroatoms. The lowest BCUT2D eigenvalue weighted by atomic mass is 10.1. The summed E-state index contributed by atoms with van der Waals surface area (Å²) in [5.41, 5.74) is -0.314. The molecule has 0 atom stereocenters. The van der Waals surface area contributed by atoms with Crippen molar-refractivity contribution in [3.63, 3.8) is 0 Å². The Labute approximate surface area is 111 Å². The van der Waals surface area contributed by atoms with Gasteiger partial charge >= 0.3 is 0 Å². The minimum Gasteiger partial charge on any atom is -0.341 e. The standard InChI is InChI=1S/C14H28N2O2/c1-7-9-15(10-8-2)13(18)11-16(12(3)17)14(4,5)6/h7-11H2,1-6H3. The summed E-state index contributed by atoms with van der Waals surface area (Å²) in [5.74, 6) is -0.00683. The van der Waals surface area contributed by atoms with Crippen molar-refractivity contribution in [2.24, 2.45) is 0 Å². The Kier molecular flexibility index (Phi) is 6.96. The van der Waals surface area contributed by atoms with Gasteiger partial charge in [-0.15, -0.1) is 0 Å². The number of amides is 2. The van der Waals surface area contributed by atoms with Crippen LogP contribution in [0.5, 0.6) is 0 Å². The Hall–Kier alpha value is -1.06. The van der Waals surface area contributed by atoms with Crippen molar-refractivity contribution < 1.29 is 9.59 Å². The molecular formula is C14H28N2O2. The Balaban J connectivity index is 4.71. The number of carbonyl (C=O) groups excluding carboxylic acids is 2. The molecule has 0 aromatic heterocycles. The first kappa shape index (κ1) is 16.9. The molecule has 0 spiro atoms. The topological polar surface area (TPSA) is 40.6 Å². The number of hydrogen-bond acceptors (Lipinski definition) is 2. The zero-order valence-electron chi connectivity index (χ0n) is 12.7. The van der Waals surface area contributed by atoms with Crippen molar-refractivity contribution >= 4 is 11.8 Å². The maximum Gasteiger partial charge on any atom is 0.242 e. The van der Waals surface area contributed by atoms with Crippen molar-refractivity contribution in [1.29, 1.82) is 0 Å². The van der Waals surface area contributed by atoms with E-state index in [0.717, 1.165) is 25.9 Å². The smallest absolute Gasteiger partial charge is 0.242 e. The van der Waals surface area contributed by atoms with E-state index in [0.29, 0.717) is 0 Å². The van der Waals surface area contributed by atoms with Gasteiger partial charge in [0.15, 0.2) is 0 Å². The molecule has 0 saturated carbocycles. The molecular weight excluding hydrogens is 228 g/mol. The number of rotatable bonds is 6. The highest BCUT2D eigenvalue weighted by atomic mass is 16.2. The summed E-state index contributed by atoms with van der Waals surface area (Å²) in [4.78, 5) is 27.3. The number of hydrogen-bond donors (Lipinski definition) is 0. The maximum absolute atomic E-state index is 12.2. The molecule has 0 aliphatic carbocycles. The first-order valence-electron chi connectivity index (χ1n) is 6.80. The third-order valence-corrected chi connectivity index (χ3v) is 2.82. The Morgan fingerprint density at radius 2 is 1.44 bits per heavy atom. The number of carbonyl (C=O) groups is 2. The highest BCUT2D eigenvalue weighted by Crippen LogP contribution is 2.13. The molecule has 2 amide bonds. The molecule has 0 radical (unpaired) electrons. The molecule has 0 N–H and O–H groups in total. The predicted molar refractivity (Wildman–Crippen MR) is 74.3 cm³/mol. The molecule has 0 aromatic carbocycles. The van der Waals surface area contributed by atoms with Crippen molar-refractivity contribution in [3.8, 4) is 0 Å². The molecule has 0 bridgehead atoms. The van der Waals surface area contributed by atoms with Crippen LogP contribution in [0.4, 0.5) is 0 Å². The molecule has 0 heterocycles. The van der Waals surface area contributed by atoms with Crippen LogP contribution in [-0.2, 0) is 9.59 Å².